The van der Waals surface area contributed by atoms with Gasteiger partial charge in [-0.25, -0.2) is 14.5 Å². The monoisotopic (exact) mass is 680 g/mol. The number of thiophene rings is 1. The highest BCUT2D eigenvalue weighted by Crippen LogP contribution is 2.43. The summed E-state index contributed by atoms with van der Waals surface area (Å²) in [6.45, 7) is 0. The summed E-state index contributed by atoms with van der Waals surface area (Å²) in [5.41, 5.74) is 10.4. The van der Waals surface area contributed by atoms with E-state index in [1.54, 1.807) is 0 Å². The minimum Gasteiger partial charge on any atom is -0.247 e. The maximum atomic E-state index is 5.30. The van der Waals surface area contributed by atoms with E-state index in [0.29, 0.717) is 0 Å². The summed E-state index contributed by atoms with van der Waals surface area (Å²) in [7, 11) is 0. The fourth-order valence-electron chi connectivity index (χ4n) is 7.69. The van der Waals surface area contributed by atoms with Crippen LogP contribution in [0.4, 0.5) is 0 Å². The Kier molecular flexibility index (Phi) is 6.39. The molecule has 0 saturated carbocycles. The van der Waals surface area contributed by atoms with Crippen molar-refractivity contribution in [2.24, 2.45) is 0 Å². The van der Waals surface area contributed by atoms with E-state index in [0.717, 1.165) is 67.0 Å². The van der Waals surface area contributed by atoms with Crippen LogP contribution in [0.1, 0.15) is 0 Å². The first-order valence-electron chi connectivity index (χ1n) is 17.4. The van der Waals surface area contributed by atoms with E-state index in [1.807, 2.05) is 40.1 Å². The van der Waals surface area contributed by atoms with Gasteiger partial charge in [-0.1, -0.05) is 146 Å². The summed E-state index contributed by atoms with van der Waals surface area (Å²) in [5.74, 6) is 0.819. The zero-order valence-electron chi connectivity index (χ0n) is 27.9. The summed E-state index contributed by atoms with van der Waals surface area (Å²) in [6.07, 6.45) is 0. The second-order valence-corrected chi connectivity index (χ2v) is 14.3. The van der Waals surface area contributed by atoms with Gasteiger partial charge in [-0.05, 0) is 40.8 Å². The number of aromatic nitrogens is 4. The molecule has 52 heavy (non-hydrogen) atoms. The topological polar surface area (TPSA) is 43.1 Å². The Morgan fingerprint density at radius 2 is 1.02 bits per heavy atom. The lowest BCUT2D eigenvalue weighted by atomic mass is 9.96. The van der Waals surface area contributed by atoms with Crippen molar-refractivity contribution < 1.29 is 0 Å². The minimum absolute atomic E-state index is 0.819. The summed E-state index contributed by atoms with van der Waals surface area (Å²) in [5, 5.41) is 12.4. The third-order valence-electron chi connectivity index (χ3n) is 10.2. The molecule has 11 rings (SSSR count). The zero-order valence-corrected chi connectivity index (χ0v) is 28.7. The molecule has 4 aromatic heterocycles. The van der Waals surface area contributed by atoms with Crippen molar-refractivity contribution >= 4 is 69.6 Å². The Morgan fingerprint density at radius 1 is 0.423 bits per heavy atom. The smallest absolute Gasteiger partial charge is 0.161 e. The molecule has 0 fully saturated rings. The predicted molar refractivity (Wildman–Crippen MR) is 218 cm³/mol. The molecule has 0 aliphatic carbocycles. The first-order chi connectivity index (χ1) is 25.8. The molecular weight excluding hydrogens is 653 g/mol. The van der Waals surface area contributed by atoms with Crippen LogP contribution in [-0.4, -0.2) is 19.6 Å². The molecule has 7 aromatic carbocycles. The number of hydrogen-bond donors (Lipinski definition) is 0. The van der Waals surface area contributed by atoms with E-state index in [9.17, 15) is 0 Å². The minimum atomic E-state index is 0.819. The summed E-state index contributed by atoms with van der Waals surface area (Å²) >= 11 is 1.86. The van der Waals surface area contributed by atoms with Gasteiger partial charge < -0.3 is 0 Å². The highest BCUT2D eigenvalue weighted by molar-refractivity contribution is 7.26. The van der Waals surface area contributed by atoms with Gasteiger partial charge in [0.2, 0.25) is 0 Å². The summed E-state index contributed by atoms with van der Waals surface area (Å²) < 4.78 is 4.57. The van der Waals surface area contributed by atoms with Crippen molar-refractivity contribution in [3.63, 3.8) is 0 Å². The first kappa shape index (κ1) is 29.1. The number of benzene rings is 7. The van der Waals surface area contributed by atoms with Crippen molar-refractivity contribution in [1.29, 1.82) is 0 Å². The Bertz CT molecular complexity index is 3160. The van der Waals surface area contributed by atoms with Gasteiger partial charge in [0.05, 0.1) is 27.9 Å². The van der Waals surface area contributed by atoms with Crippen LogP contribution >= 0.6 is 11.3 Å². The van der Waals surface area contributed by atoms with Crippen LogP contribution in [0.3, 0.4) is 0 Å². The van der Waals surface area contributed by atoms with Crippen LogP contribution < -0.4 is 0 Å². The van der Waals surface area contributed by atoms with E-state index in [2.05, 4.69) is 146 Å². The third-order valence-corrected chi connectivity index (χ3v) is 11.4. The Labute approximate surface area is 302 Å². The number of hydrogen-bond acceptors (Lipinski definition) is 4. The molecule has 0 atom stereocenters. The fourth-order valence-corrected chi connectivity index (χ4v) is 8.94. The number of pyridine rings is 1. The van der Waals surface area contributed by atoms with Crippen molar-refractivity contribution in [2.75, 3.05) is 0 Å². The van der Waals surface area contributed by atoms with Gasteiger partial charge in [-0.3, -0.25) is 0 Å². The highest BCUT2D eigenvalue weighted by Gasteiger charge is 2.18. The first-order valence-corrected chi connectivity index (χ1v) is 18.3. The number of para-hydroxylation sites is 2. The molecule has 5 heteroatoms. The third kappa shape index (κ3) is 4.50. The van der Waals surface area contributed by atoms with E-state index < -0.39 is 0 Å². The summed E-state index contributed by atoms with van der Waals surface area (Å²) in [6, 6.07) is 60.0. The average Bonchev–Trinajstić information content (AvgIpc) is 3.84. The number of nitrogens with zero attached hydrogens (tertiary/aromatic N) is 4. The van der Waals surface area contributed by atoms with Crippen LogP contribution in [0.25, 0.3) is 103 Å². The highest BCUT2D eigenvalue weighted by atomic mass is 32.1. The molecule has 0 radical (unpaired) electrons. The van der Waals surface area contributed by atoms with Gasteiger partial charge in [-0.2, -0.15) is 5.10 Å². The molecule has 0 aliphatic heterocycles. The van der Waals surface area contributed by atoms with E-state index >= 15 is 0 Å². The molecule has 242 valence electrons. The lowest BCUT2D eigenvalue weighted by Gasteiger charge is -2.12. The van der Waals surface area contributed by atoms with Gasteiger partial charge in [-0.15, -0.1) is 11.3 Å². The van der Waals surface area contributed by atoms with Crippen LogP contribution in [0, 0.1) is 0 Å². The molecule has 11 aromatic rings. The van der Waals surface area contributed by atoms with E-state index in [-0.39, 0.29) is 0 Å². The van der Waals surface area contributed by atoms with Gasteiger partial charge in [0.15, 0.2) is 5.82 Å². The van der Waals surface area contributed by atoms with Crippen LogP contribution in [0.15, 0.2) is 170 Å². The second-order valence-electron chi connectivity index (χ2n) is 13.2. The largest absolute Gasteiger partial charge is 0.247 e. The molecular formula is C47H28N4S. The SMILES string of the molecule is c1ccc(-c2cc3c4ccccc4nc(-c4ccc(-c5ccc(-c6nc7ccccc7c7ccc8c9ccccc9sc8c67)cc5)cc4)n3n2)cc1. The standard InChI is InChI=1S/C47H28N4S/c1-2-10-31(11-3-1)41-28-42-38-14-5-8-16-40(38)49-47(51(42)50-41)33-24-20-30(21-25-33)29-18-22-32(23-19-29)45-44-36(34-12-4-7-15-39(34)48-45)26-27-37-35-13-6-9-17-43(35)52-46(37)44/h1-28H. The molecule has 0 N–H and O–H groups in total. The zero-order chi connectivity index (χ0) is 34.2. The molecule has 0 spiro atoms. The predicted octanol–water partition coefficient (Wildman–Crippen LogP) is 12.6. The van der Waals surface area contributed by atoms with Crippen LogP contribution in [0.5, 0.6) is 0 Å². The quantitative estimate of drug-likeness (QED) is 0.174. The fraction of sp³-hybridized carbons (Fsp3) is 0. The number of fused-ring (bicyclic) bond motifs is 10. The van der Waals surface area contributed by atoms with E-state index in [1.165, 1.54) is 36.3 Å². The maximum Gasteiger partial charge on any atom is 0.161 e. The van der Waals surface area contributed by atoms with Crippen molar-refractivity contribution in [2.45, 2.75) is 0 Å². The lowest BCUT2D eigenvalue weighted by Crippen LogP contribution is -1.99. The Balaban J connectivity index is 1.01. The van der Waals surface area contributed by atoms with Gasteiger partial charge in [0.25, 0.3) is 0 Å². The van der Waals surface area contributed by atoms with Crippen molar-refractivity contribution in [3.05, 3.63) is 170 Å². The second kappa shape index (κ2) is 11.4. The lowest BCUT2D eigenvalue weighted by molar-refractivity contribution is 0.949. The molecule has 0 aliphatic rings. The van der Waals surface area contributed by atoms with Crippen molar-refractivity contribution in [1.82, 2.24) is 19.6 Å². The van der Waals surface area contributed by atoms with Crippen LogP contribution in [0.2, 0.25) is 0 Å². The van der Waals surface area contributed by atoms with Crippen molar-refractivity contribution in [3.8, 4) is 45.0 Å². The molecule has 4 nitrogen and oxygen atoms in total. The van der Waals surface area contributed by atoms with Gasteiger partial charge in [0, 0.05) is 53.0 Å². The van der Waals surface area contributed by atoms with Gasteiger partial charge in [0.1, 0.15) is 0 Å². The molecule has 0 bridgehead atoms. The average molecular weight is 681 g/mol. The maximum absolute atomic E-state index is 5.30. The normalized spacial score (nSPS) is 11.8. The Morgan fingerprint density at radius 3 is 1.79 bits per heavy atom. The molecule has 4 heterocycles. The molecule has 0 unspecified atom stereocenters. The van der Waals surface area contributed by atoms with Crippen LogP contribution in [-0.2, 0) is 0 Å². The van der Waals surface area contributed by atoms with E-state index in [4.69, 9.17) is 15.1 Å². The Hall–Kier alpha value is -6.69. The number of rotatable bonds is 4. The van der Waals surface area contributed by atoms with Gasteiger partial charge >= 0.3 is 0 Å². The molecule has 0 amide bonds. The summed E-state index contributed by atoms with van der Waals surface area (Å²) in [4.78, 5) is 10.4. The molecule has 0 saturated heterocycles.